The number of carbonyl (C=O) groups is 1. The van der Waals surface area contributed by atoms with E-state index in [4.69, 9.17) is 9.47 Å². The Bertz CT molecular complexity index is 1560. The number of hydrogen-bond acceptors (Lipinski definition) is 7. The maximum atomic E-state index is 14.8. The molecule has 0 unspecified atom stereocenters. The molecule has 0 aliphatic heterocycles. The zero-order valence-electron chi connectivity index (χ0n) is 22.5. The molecule has 0 saturated heterocycles. The molecule has 0 fully saturated rings. The van der Waals surface area contributed by atoms with Crippen LogP contribution in [0.2, 0.25) is 0 Å². The largest absolute Gasteiger partial charge is 0.489 e. The second kappa shape index (κ2) is 13.5. The fraction of sp³-hybridized carbons (Fsp3) is 0.233. The van der Waals surface area contributed by atoms with Crippen LogP contribution in [0.1, 0.15) is 19.4 Å². The first-order valence-electron chi connectivity index (χ1n) is 13.0. The van der Waals surface area contributed by atoms with E-state index in [1.54, 1.807) is 18.2 Å². The summed E-state index contributed by atoms with van der Waals surface area (Å²) in [7, 11) is 0. The Kier molecular flexibility index (Phi) is 9.63. The van der Waals surface area contributed by atoms with Gasteiger partial charge in [-0.1, -0.05) is 13.8 Å². The Balaban J connectivity index is 1.46. The highest BCUT2D eigenvalue weighted by Crippen LogP contribution is 2.34. The van der Waals surface area contributed by atoms with E-state index < -0.39 is 23.8 Å². The summed E-state index contributed by atoms with van der Waals surface area (Å²) in [5.41, 5.74) is 0.956. The van der Waals surface area contributed by atoms with Crippen LogP contribution in [0.4, 0.5) is 25.0 Å². The lowest BCUT2D eigenvalue weighted by atomic mass is 10.1. The molecular formula is C30H29F2N5O4. The molecule has 0 aliphatic rings. The van der Waals surface area contributed by atoms with Crippen molar-refractivity contribution in [2.24, 2.45) is 0 Å². The normalized spacial score (nSPS) is 11.6. The average Bonchev–Trinajstić information content (AvgIpc) is 2.97. The van der Waals surface area contributed by atoms with Gasteiger partial charge in [-0.3, -0.25) is 4.98 Å². The molecule has 41 heavy (non-hydrogen) atoms. The predicted octanol–water partition coefficient (Wildman–Crippen LogP) is 5.90. The Hall–Kier alpha value is -4.79. The van der Waals surface area contributed by atoms with Crippen molar-refractivity contribution in [2.45, 2.75) is 20.0 Å². The number of carbonyl (C=O) groups excluding carboxylic acids is 1. The lowest BCUT2D eigenvalue weighted by molar-refractivity contribution is 0.0716. The Morgan fingerprint density at radius 2 is 1.80 bits per heavy atom. The van der Waals surface area contributed by atoms with Crippen molar-refractivity contribution in [3.63, 3.8) is 0 Å². The van der Waals surface area contributed by atoms with Crippen LogP contribution in [0.25, 0.3) is 10.9 Å². The van der Waals surface area contributed by atoms with Crippen LogP contribution in [0.5, 0.6) is 17.2 Å². The number of urea groups is 1. The molecule has 0 saturated carbocycles. The molecule has 0 bridgehead atoms. The fourth-order valence-corrected chi connectivity index (χ4v) is 4.07. The number of anilines is 2. The van der Waals surface area contributed by atoms with E-state index in [1.165, 1.54) is 42.6 Å². The van der Waals surface area contributed by atoms with Gasteiger partial charge in [0.2, 0.25) is 0 Å². The first kappa shape index (κ1) is 29.2. The van der Waals surface area contributed by atoms with Gasteiger partial charge in [0.05, 0.1) is 16.8 Å². The molecule has 2 amide bonds. The average molecular weight is 562 g/mol. The number of nitrogens with one attached hydrogen (secondary N) is 2. The zero-order chi connectivity index (χ0) is 29.4. The summed E-state index contributed by atoms with van der Waals surface area (Å²) in [6.07, 6.45) is 0.774. The maximum absolute atomic E-state index is 14.8. The molecule has 1 atom stereocenters. The molecule has 3 N–H and O–H groups in total. The van der Waals surface area contributed by atoms with E-state index in [0.717, 1.165) is 19.2 Å². The number of nitrogens with zero attached hydrogens (tertiary/aromatic N) is 3. The number of aliphatic hydroxyl groups excluding tert-OH is 1. The summed E-state index contributed by atoms with van der Waals surface area (Å²) < 4.78 is 39.5. The highest BCUT2D eigenvalue weighted by molar-refractivity contribution is 5.99. The molecule has 1 aromatic heterocycles. The van der Waals surface area contributed by atoms with Crippen molar-refractivity contribution in [3.05, 3.63) is 84.1 Å². The Morgan fingerprint density at radius 1 is 1.05 bits per heavy atom. The van der Waals surface area contributed by atoms with E-state index in [2.05, 4.69) is 26.6 Å². The lowest BCUT2D eigenvalue weighted by Crippen LogP contribution is -2.35. The van der Waals surface area contributed by atoms with Crippen LogP contribution in [0, 0.1) is 23.0 Å². The number of aromatic nitrogens is 1. The standard InChI is InChI=1S/C30H29F2N5O4/c1-3-37(4-2)17-22(38)18-40-29-15-27-24(13-19(29)16-33)28(11-12-34-27)41-23-9-10-26(25(32)14-23)36-30(39)35-21-7-5-20(31)6-8-21/h5-15,22,38H,3-4,17-18H2,1-2H3,(H2,35,36,39)/t22-/m0/s1. The molecule has 0 spiro atoms. The number of hydrogen-bond donors (Lipinski definition) is 3. The quantitative estimate of drug-likeness (QED) is 0.208. The van der Waals surface area contributed by atoms with Gasteiger partial charge in [0, 0.05) is 35.9 Å². The highest BCUT2D eigenvalue weighted by Gasteiger charge is 2.15. The van der Waals surface area contributed by atoms with Crippen molar-refractivity contribution >= 4 is 28.3 Å². The van der Waals surface area contributed by atoms with E-state index >= 15 is 0 Å². The molecule has 9 nitrogen and oxygen atoms in total. The van der Waals surface area contributed by atoms with Gasteiger partial charge in [-0.2, -0.15) is 5.26 Å². The number of ether oxygens (including phenoxy) is 2. The smallest absolute Gasteiger partial charge is 0.323 e. The van der Waals surface area contributed by atoms with Crippen LogP contribution in [0.3, 0.4) is 0 Å². The van der Waals surface area contributed by atoms with Crippen LogP contribution in [0.15, 0.2) is 66.9 Å². The van der Waals surface area contributed by atoms with Gasteiger partial charge < -0.3 is 30.1 Å². The van der Waals surface area contributed by atoms with E-state index in [1.807, 2.05) is 13.8 Å². The number of benzene rings is 3. The maximum Gasteiger partial charge on any atom is 0.323 e. The van der Waals surface area contributed by atoms with Crippen molar-refractivity contribution in [2.75, 3.05) is 36.9 Å². The highest BCUT2D eigenvalue weighted by atomic mass is 19.1. The first-order valence-corrected chi connectivity index (χ1v) is 13.0. The van der Waals surface area contributed by atoms with Crippen molar-refractivity contribution < 1.29 is 28.2 Å². The van der Waals surface area contributed by atoms with Gasteiger partial charge in [0.25, 0.3) is 0 Å². The van der Waals surface area contributed by atoms with Crippen molar-refractivity contribution in [3.8, 4) is 23.3 Å². The third-order valence-corrected chi connectivity index (χ3v) is 6.24. The van der Waals surface area contributed by atoms with Gasteiger partial charge in [-0.05, 0) is 61.6 Å². The number of aliphatic hydroxyl groups is 1. The molecule has 0 aliphatic carbocycles. The summed E-state index contributed by atoms with van der Waals surface area (Å²) in [4.78, 5) is 18.6. The number of fused-ring (bicyclic) bond motifs is 1. The summed E-state index contributed by atoms with van der Waals surface area (Å²) in [6, 6.07) is 15.2. The minimum absolute atomic E-state index is 0.00839. The molecular weight excluding hydrogens is 532 g/mol. The number of amides is 2. The molecule has 1 heterocycles. The molecule has 4 aromatic rings. The van der Waals surface area contributed by atoms with Gasteiger partial charge in [-0.25, -0.2) is 13.6 Å². The second-order valence-corrected chi connectivity index (χ2v) is 9.07. The summed E-state index contributed by atoms with van der Waals surface area (Å²) in [5, 5.41) is 25.4. The monoisotopic (exact) mass is 561 g/mol. The second-order valence-electron chi connectivity index (χ2n) is 9.07. The SMILES string of the molecule is CCN(CC)C[C@H](O)COc1cc2nccc(Oc3ccc(NC(=O)Nc4ccc(F)cc4)c(F)c3)c2cc1C#N. The zero-order valence-corrected chi connectivity index (χ0v) is 22.5. The van der Waals surface area contributed by atoms with Gasteiger partial charge in [-0.15, -0.1) is 0 Å². The van der Waals surface area contributed by atoms with Crippen LogP contribution in [-0.4, -0.2) is 53.4 Å². The number of likely N-dealkylation sites (N-methyl/N-ethyl adjacent to an activating group) is 1. The molecule has 3 aromatic carbocycles. The Morgan fingerprint density at radius 3 is 2.49 bits per heavy atom. The van der Waals surface area contributed by atoms with Gasteiger partial charge in [0.1, 0.15) is 47.7 Å². The summed E-state index contributed by atoms with van der Waals surface area (Å²) in [5.74, 6) is -0.430. The van der Waals surface area contributed by atoms with E-state index in [9.17, 15) is 23.9 Å². The third kappa shape index (κ3) is 7.66. The molecule has 4 rings (SSSR count). The Labute approximate surface area is 235 Å². The fourth-order valence-electron chi connectivity index (χ4n) is 4.07. The molecule has 0 radical (unpaired) electrons. The summed E-state index contributed by atoms with van der Waals surface area (Å²) in [6.45, 7) is 6.08. The number of nitriles is 1. The lowest BCUT2D eigenvalue weighted by Gasteiger charge is -2.22. The molecule has 11 heteroatoms. The predicted molar refractivity (Wildman–Crippen MR) is 151 cm³/mol. The van der Waals surface area contributed by atoms with E-state index in [0.29, 0.717) is 28.9 Å². The summed E-state index contributed by atoms with van der Waals surface area (Å²) >= 11 is 0. The van der Waals surface area contributed by atoms with Crippen molar-refractivity contribution in [1.82, 2.24) is 9.88 Å². The third-order valence-electron chi connectivity index (χ3n) is 6.24. The van der Waals surface area contributed by atoms with Crippen LogP contribution < -0.4 is 20.1 Å². The van der Waals surface area contributed by atoms with Crippen LogP contribution >= 0.6 is 0 Å². The minimum Gasteiger partial charge on any atom is -0.489 e. The number of rotatable bonds is 11. The van der Waals surface area contributed by atoms with Gasteiger partial charge >= 0.3 is 6.03 Å². The van der Waals surface area contributed by atoms with Gasteiger partial charge in [0.15, 0.2) is 0 Å². The minimum atomic E-state index is -0.744. The van der Waals surface area contributed by atoms with Crippen LogP contribution in [-0.2, 0) is 0 Å². The number of pyridine rings is 1. The van der Waals surface area contributed by atoms with E-state index in [-0.39, 0.29) is 29.4 Å². The molecule has 212 valence electrons. The van der Waals surface area contributed by atoms with Crippen molar-refractivity contribution in [1.29, 1.82) is 5.26 Å². The topological polar surface area (TPSA) is 120 Å². The first-order chi connectivity index (χ1) is 19.8. The number of halogens is 2.